The Balaban J connectivity index is 1.19. The highest BCUT2D eigenvalue weighted by Crippen LogP contribution is 2.63. The summed E-state index contributed by atoms with van der Waals surface area (Å²) >= 11 is 0. The van der Waals surface area contributed by atoms with Gasteiger partial charge in [0.05, 0.1) is 5.41 Å². The Labute approximate surface area is 230 Å². The molecule has 5 aromatic rings. The van der Waals surface area contributed by atoms with E-state index in [2.05, 4.69) is 121 Å². The first-order valence-corrected chi connectivity index (χ1v) is 14.6. The van der Waals surface area contributed by atoms with Crippen molar-refractivity contribution in [3.63, 3.8) is 0 Å². The number of benzene rings is 5. The third kappa shape index (κ3) is 2.86. The molecular formula is C38H31N. The molecule has 3 atom stereocenters. The fourth-order valence-corrected chi connectivity index (χ4v) is 8.87. The Bertz CT molecular complexity index is 1720. The maximum Gasteiger partial charge on any atom is 0.0726 e. The number of rotatable bonds is 3. The normalized spacial score (nSPS) is 22.4. The first-order valence-electron chi connectivity index (χ1n) is 14.6. The van der Waals surface area contributed by atoms with Crippen molar-refractivity contribution >= 4 is 11.4 Å². The summed E-state index contributed by atoms with van der Waals surface area (Å²) in [5, 5.41) is 3.85. The van der Waals surface area contributed by atoms with Crippen LogP contribution in [0, 0.1) is 11.8 Å². The first kappa shape index (κ1) is 21.8. The van der Waals surface area contributed by atoms with E-state index >= 15 is 0 Å². The van der Waals surface area contributed by atoms with Gasteiger partial charge in [-0.05, 0) is 99.7 Å². The lowest BCUT2D eigenvalue weighted by Gasteiger charge is -2.30. The molecular weight excluding hydrogens is 470 g/mol. The van der Waals surface area contributed by atoms with Crippen molar-refractivity contribution in [2.75, 3.05) is 5.32 Å². The van der Waals surface area contributed by atoms with E-state index in [1.807, 2.05) is 0 Å². The quantitative estimate of drug-likeness (QED) is 0.254. The van der Waals surface area contributed by atoms with Crippen molar-refractivity contribution < 1.29 is 0 Å². The van der Waals surface area contributed by atoms with Gasteiger partial charge in [-0.1, -0.05) is 103 Å². The molecule has 1 spiro atoms. The SMILES string of the molecule is c1ccc2c(c1)-c1ccccc1C21c2ccccc2-c2c(Nc3ccc(C4CC5CCC4C5)cc3)cccc21. The number of nitrogens with one attached hydrogen (secondary N) is 1. The fraction of sp³-hybridized carbons (Fsp3) is 0.211. The largest absolute Gasteiger partial charge is 0.355 e. The monoisotopic (exact) mass is 501 g/mol. The summed E-state index contributed by atoms with van der Waals surface area (Å²) < 4.78 is 0. The molecule has 5 aromatic carbocycles. The average Bonchev–Trinajstić information content (AvgIpc) is 3.76. The van der Waals surface area contributed by atoms with E-state index in [1.54, 1.807) is 0 Å². The molecule has 0 aliphatic heterocycles. The molecule has 0 aromatic heterocycles. The van der Waals surface area contributed by atoms with Crippen molar-refractivity contribution in [2.45, 2.75) is 37.0 Å². The summed E-state index contributed by atoms with van der Waals surface area (Å²) in [5.74, 6) is 2.66. The zero-order valence-electron chi connectivity index (χ0n) is 22.0. The van der Waals surface area contributed by atoms with E-state index in [0.29, 0.717) is 0 Å². The van der Waals surface area contributed by atoms with Crippen LogP contribution in [0.2, 0.25) is 0 Å². The van der Waals surface area contributed by atoms with Crippen LogP contribution in [0.25, 0.3) is 22.3 Å². The summed E-state index contributed by atoms with van der Waals surface area (Å²) in [6.45, 7) is 0. The summed E-state index contributed by atoms with van der Waals surface area (Å²) in [5.41, 5.74) is 14.5. The summed E-state index contributed by atoms with van der Waals surface area (Å²) in [6, 6.07) is 43.3. The molecule has 3 unspecified atom stereocenters. The van der Waals surface area contributed by atoms with Crippen LogP contribution in [0.5, 0.6) is 0 Å². The standard InChI is InChI=1S/C38H31N/c1-4-11-32-28(8-1)29-9-2-5-12-33(29)38(32)34-13-6-3-10-30(34)37-35(38)14-7-15-36(37)39-27-20-18-25(19-21-27)31-23-24-16-17-26(31)22-24/h1-15,18-21,24,26,31,39H,16-17,22-23H2. The van der Waals surface area contributed by atoms with Crippen molar-refractivity contribution in [3.8, 4) is 22.3 Å². The van der Waals surface area contributed by atoms with Crippen LogP contribution in [0.4, 0.5) is 11.4 Å². The third-order valence-corrected chi connectivity index (χ3v) is 10.4. The highest BCUT2D eigenvalue weighted by atomic mass is 14.9. The average molecular weight is 502 g/mol. The van der Waals surface area contributed by atoms with Gasteiger partial charge in [-0.25, -0.2) is 0 Å². The molecule has 0 saturated heterocycles. The van der Waals surface area contributed by atoms with E-state index in [1.165, 1.54) is 87.1 Å². The van der Waals surface area contributed by atoms with Crippen molar-refractivity contribution in [3.05, 3.63) is 143 Å². The van der Waals surface area contributed by atoms with E-state index < -0.39 is 0 Å². The van der Waals surface area contributed by atoms with Gasteiger partial charge in [-0.15, -0.1) is 0 Å². The van der Waals surface area contributed by atoms with Crippen LogP contribution >= 0.6 is 0 Å². The van der Waals surface area contributed by atoms with Gasteiger partial charge in [-0.2, -0.15) is 0 Å². The van der Waals surface area contributed by atoms with Gasteiger partial charge in [0, 0.05) is 16.9 Å². The van der Waals surface area contributed by atoms with Crippen LogP contribution in [-0.4, -0.2) is 0 Å². The van der Waals surface area contributed by atoms with Crippen molar-refractivity contribution in [1.29, 1.82) is 0 Å². The Morgan fingerprint density at radius 2 is 1.15 bits per heavy atom. The molecule has 39 heavy (non-hydrogen) atoms. The molecule has 0 amide bonds. The first-order chi connectivity index (χ1) is 19.3. The topological polar surface area (TPSA) is 12.0 Å². The van der Waals surface area contributed by atoms with Crippen LogP contribution in [0.1, 0.15) is 59.4 Å². The molecule has 2 bridgehead atoms. The van der Waals surface area contributed by atoms with Gasteiger partial charge in [-0.3, -0.25) is 0 Å². The van der Waals surface area contributed by atoms with Gasteiger partial charge in [0.15, 0.2) is 0 Å². The lowest BCUT2D eigenvalue weighted by atomic mass is 9.70. The Kier molecular flexibility index (Phi) is 4.45. The summed E-state index contributed by atoms with van der Waals surface area (Å²) in [7, 11) is 0. The lowest BCUT2D eigenvalue weighted by Crippen LogP contribution is -2.25. The Morgan fingerprint density at radius 1 is 0.538 bits per heavy atom. The number of hydrogen-bond acceptors (Lipinski definition) is 1. The molecule has 4 aliphatic rings. The van der Waals surface area contributed by atoms with Crippen LogP contribution in [0.3, 0.4) is 0 Å². The Morgan fingerprint density at radius 3 is 1.79 bits per heavy atom. The van der Waals surface area contributed by atoms with Gasteiger partial charge in [0.1, 0.15) is 0 Å². The maximum absolute atomic E-state index is 3.85. The number of fused-ring (bicyclic) bond motifs is 12. The molecule has 1 nitrogen and oxygen atoms in total. The van der Waals surface area contributed by atoms with Gasteiger partial charge in [0.25, 0.3) is 0 Å². The van der Waals surface area contributed by atoms with Crippen molar-refractivity contribution in [1.82, 2.24) is 0 Å². The lowest BCUT2D eigenvalue weighted by molar-refractivity contribution is 0.420. The minimum absolute atomic E-state index is 0.289. The number of hydrogen-bond donors (Lipinski definition) is 1. The second-order valence-corrected chi connectivity index (χ2v) is 12.1. The zero-order chi connectivity index (χ0) is 25.6. The molecule has 2 saturated carbocycles. The zero-order valence-corrected chi connectivity index (χ0v) is 22.0. The second kappa shape index (κ2) is 7.96. The molecule has 2 fully saturated rings. The minimum Gasteiger partial charge on any atom is -0.355 e. The molecule has 0 heterocycles. The summed E-state index contributed by atoms with van der Waals surface area (Å²) in [6.07, 6.45) is 5.73. The maximum atomic E-state index is 3.85. The van der Waals surface area contributed by atoms with Crippen LogP contribution in [0.15, 0.2) is 115 Å². The summed E-state index contributed by atoms with van der Waals surface area (Å²) in [4.78, 5) is 0. The van der Waals surface area contributed by atoms with E-state index in [0.717, 1.165) is 17.8 Å². The molecule has 188 valence electrons. The van der Waals surface area contributed by atoms with Gasteiger partial charge >= 0.3 is 0 Å². The minimum atomic E-state index is -0.289. The second-order valence-electron chi connectivity index (χ2n) is 12.1. The fourth-order valence-electron chi connectivity index (χ4n) is 8.87. The predicted molar refractivity (Wildman–Crippen MR) is 161 cm³/mol. The third-order valence-electron chi connectivity index (χ3n) is 10.4. The van der Waals surface area contributed by atoms with Crippen molar-refractivity contribution in [2.24, 2.45) is 11.8 Å². The predicted octanol–water partition coefficient (Wildman–Crippen LogP) is 9.68. The number of anilines is 2. The molecule has 0 radical (unpaired) electrons. The highest BCUT2D eigenvalue weighted by Gasteiger charge is 2.52. The van der Waals surface area contributed by atoms with Gasteiger partial charge < -0.3 is 5.32 Å². The highest BCUT2D eigenvalue weighted by molar-refractivity contribution is 5.99. The van der Waals surface area contributed by atoms with E-state index in [4.69, 9.17) is 0 Å². The molecule has 1 N–H and O–H groups in total. The van der Waals surface area contributed by atoms with E-state index in [-0.39, 0.29) is 5.41 Å². The van der Waals surface area contributed by atoms with Gasteiger partial charge in [0.2, 0.25) is 0 Å². The van der Waals surface area contributed by atoms with Crippen LogP contribution < -0.4 is 5.32 Å². The molecule has 9 rings (SSSR count). The Hall–Kier alpha value is -4.10. The van der Waals surface area contributed by atoms with E-state index in [9.17, 15) is 0 Å². The molecule has 4 aliphatic carbocycles. The molecule has 1 heteroatoms. The van der Waals surface area contributed by atoms with Crippen LogP contribution in [-0.2, 0) is 5.41 Å². The smallest absolute Gasteiger partial charge is 0.0726 e.